The summed E-state index contributed by atoms with van der Waals surface area (Å²) in [6.45, 7) is 3.93. The lowest BCUT2D eigenvalue weighted by molar-refractivity contribution is -0.142. The minimum absolute atomic E-state index is 0.0747. The highest BCUT2D eigenvalue weighted by Crippen LogP contribution is 2.24. The first-order valence-electron chi connectivity index (χ1n) is 12.9. The highest BCUT2D eigenvalue weighted by atomic mass is 16.4. The summed E-state index contributed by atoms with van der Waals surface area (Å²) in [4.78, 5) is 47.1. The Morgan fingerprint density at radius 2 is 1.63 bits per heavy atom. The summed E-state index contributed by atoms with van der Waals surface area (Å²) in [7, 11) is 0. The lowest BCUT2D eigenvalue weighted by atomic mass is 10.0. The number of nitrogen functional groups attached to an aromatic ring is 1. The zero-order valence-corrected chi connectivity index (χ0v) is 22.7. The number of hydrogen-bond donors (Lipinski definition) is 4. The fourth-order valence-corrected chi connectivity index (χ4v) is 4.32. The van der Waals surface area contributed by atoms with Crippen molar-refractivity contribution in [2.24, 2.45) is 17.5 Å². The van der Waals surface area contributed by atoms with Crippen LogP contribution < -0.4 is 17.0 Å². The van der Waals surface area contributed by atoms with E-state index < -0.39 is 23.8 Å². The van der Waals surface area contributed by atoms with Crippen LogP contribution in [0.25, 0.3) is 22.2 Å². The second kappa shape index (κ2) is 12.8. The Hall–Kier alpha value is -5.11. The predicted octanol–water partition coefficient (Wildman–Crippen LogP) is 2.81. The first kappa shape index (κ1) is 28.9. The Morgan fingerprint density at radius 1 is 1.00 bits per heavy atom. The summed E-state index contributed by atoms with van der Waals surface area (Å²) in [6.07, 6.45) is 3.19. The summed E-state index contributed by atoms with van der Waals surface area (Å²) in [5.74, 6) is 9.66. The van der Waals surface area contributed by atoms with Crippen LogP contribution in [-0.2, 0) is 4.79 Å². The molecule has 4 rings (SSSR count). The number of rotatable bonds is 8. The number of fused-ring (bicyclic) bond motifs is 1. The molecule has 0 saturated heterocycles. The number of aliphatic carboxylic acids is 1. The van der Waals surface area contributed by atoms with Gasteiger partial charge in [0.15, 0.2) is 0 Å². The molecule has 10 heteroatoms. The Kier molecular flexibility index (Phi) is 9.04. The maximum Gasteiger partial charge on any atom is 0.327 e. The molecule has 2 aromatic heterocycles. The second-order valence-corrected chi connectivity index (χ2v) is 9.77. The lowest BCUT2D eigenvalue weighted by Crippen LogP contribution is -2.50. The smallest absolute Gasteiger partial charge is 0.327 e. The Morgan fingerprint density at radius 3 is 2.20 bits per heavy atom. The number of hydrogen-bond acceptors (Lipinski definition) is 7. The van der Waals surface area contributed by atoms with Crippen LogP contribution in [0.3, 0.4) is 0 Å². The van der Waals surface area contributed by atoms with E-state index in [-0.39, 0.29) is 19.0 Å². The van der Waals surface area contributed by atoms with E-state index in [4.69, 9.17) is 11.6 Å². The van der Waals surface area contributed by atoms with Crippen LogP contribution in [0.15, 0.2) is 73.1 Å². The molecule has 208 valence electrons. The number of carboxylic acid groups (broad SMARTS) is 1. The molecule has 2 heterocycles. The van der Waals surface area contributed by atoms with Gasteiger partial charge in [0, 0.05) is 53.1 Å². The van der Waals surface area contributed by atoms with Crippen LogP contribution in [0.2, 0.25) is 0 Å². The highest BCUT2D eigenvalue weighted by molar-refractivity contribution is 6.06. The monoisotopic (exact) mass is 550 g/mol. The van der Waals surface area contributed by atoms with Gasteiger partial charge < -0.3 is 15.7 Å². The molecule has 6 N–H and O–H groups in total. The molecule has 2 amide bonds. The number of carbonyl (C=O) groups is 3. The zero-order chi connectivity index (χ0) is 29.5. The molecular formula is C31H30N6O4. The first-order valence-corrected chi connectivity index (χ1v) is 12.9. The number of nitrogens with zero attached hydrogens (tertiary/aromatic N) is 3. The summed E-state index contributed by atoms with van der Waals surface area (Å²) >= 11 is 0. The zero-order valence-electron chi connectivity index (χ0n) is 22.7. The number of pyridine rings is 2. The second-order valence-electron chi connectivity index (χ2n) is 9.77. The molecular weight excluding hydrogens is 520 g/mol. The molecule has 0 aliphatic heterocycles. The van der Waals surface area contributed by atoms with E-state index in [0.717, 1.165) is 11.1 Å². The predicted molar refractivity (Wildman–Crippen MR) is 155 cm³/mol. The van der Waals surface area contributed by atoms with Gasteiger partial charge in [0.1, 0.15) is 6.04 Å². The number of aromatic nitrogens is 2. The minimum Gasteiger partial charge on any atom is -0.480 e. The van der Waals surface area contributed by atoms with E-state index in [2.05, 4.69) is 27.2 Å². The Balaban J connectivity index is 1.53. The number of nitrogens with one attached hydrogen (secondary N) is 1. The molecule has 10 nitrogen and oxygen atoms in total. The van der Waals surface area contributed by atoms with Crippen LogP contribution >= 0.6 is 0 Å². The van der Waals surface area contributed by atoms with Crippen molar-refractivity contribution in [2.75, 3.05) is 13.1 Å². The molecule has 1 unspecified atom stereocenters. The average Bonchev–Trinajstić information content (AvgIpc) is 2.98. The average molecular weight is 551 g/mol. The Bertz CT molecular complexity index is 1640. The third-order valence-corrected chi connectivity index (χ3v) is 6.36. The van der Waals surface area contributed by atoms with Crippen molar-refractivity contribution < 1.29 is 19.5 Å². The maximum absolute atomic E-state index is 13.1. The van der Waals surface area contributed by atoms with Crippen LogP contribution in [0.1, 0.15) is 45.7 Å². The normalized spacial score (nSPS) is 11.4. The Labute approximate surface area is 237 Å². The summed E-state index contributed by atoms with van der Waals surface area (Å²) in [5.41, 5.74) is 12.0. The van der Waals surface area contributed by atoms with Crippen LogP contribution in [0.5, 0.6) is 0 Å². The van der Waals surface area contributed by atoms with Crippen molar-refractivity contribution in [2.45, 2.75) is 19.9 Å². The molecule has 1 atom stereocenters. The fraction of sp³-hybridized carbons (Fsp3) is 0.194. The van der Waals surface area contributed by atoms with Crippen molar-refractivity contribution in [3.8, 4) is 23.1 Å². The standard InChI is InChI=1S/C31H30N6O4/c1-19(2)18-37(28(16-32)31(40)41)30(39)23-11-7-21(8-12-23)4-3-20-5-9-22(10-6-20)27-15-24(29(38)36-33)25-17-34-14-13-26(25)35-27/h5-15,17,19,28H,16,18,32-33H2,1-2H3,(H,36,38)(H,40,41). The van der Waals surface area contributed by atoms with E-state index in [9.17, 15) is 19.5 Å². The topological polar surface area (TPSA) is 165 Å². The van der Waals surface area contributed by atoms with Gasteiger partial charge in [-0.3, -0.25) is 20.0 Å². The van der Waals surface area contributed by atoms with Gasteiger partial charge in [-0.1, -0.05) is 37.8 Å². The van der Waals surface area contributed by atoms with Gasteiger partial charge >= 0.3 is 5.97 Å². The largest absolute Gasteiger partial charge is 0.480 e. The number of nitrogens with two attached hydrogens (primary N) is 2. The van der Waals surface area contributed by atoms with E-state index in [1.165, 1.54) is 4.90 Å². The van der Waals surface area contributed by atoms with Crippen molar-refractivity contribution >= 4 is 28.7 Å². The van der Waals surface area contributed by atoms with Crippen LogP contribution in [-0.4, -0.2) is 56.9 Å². The summed E-state index contributed by atoms with van der Waals surface area (Å²) in [6, 6.07) is 16.4. The molecule has 2 aromatic carbocycles. The molecule has 0 saturated carbocycles. The first-order chi connectivity index (χ1) is 19.7. The number of benzene rings is 2. The van der Waals surface area contributed by atoms with Gasteiger partial charge in [-0.15, -0.1) is 0 Å². The lowest BCUT2D eigenvalue weighted by Gasteiger charge is -2.29. The van der Waals surface area contributed by atoms with E-state index in [1.54, 1.807) is 48.8 Å². The van der Waals surface area contributed by atoms with Crippen molar-refractivity contribution in [3.05, 3.63) is 95.3 Å². The molecule has 0 aliphatic rings. The van der Waals surface area contributed by atoms with Gasteiger partial charge in [-0.25, -0.2) is 15.6 Å². The third-order valence-electron chi connectivity index (χ3n) is 6.36. The van der Waals surface area contributed by atoms with Crippen LogP contribution in [0.4, 0.5) is 0 Å². The van der Waals surface area contributed by atoms with Gasteiger partial charge in [-0.05, 0) is 54.4 Å². The molecule has 0 aliphatic carbocycles. The van der Waals surface area contributed by atoms with Crippen molar-refractivity contribution in [3.63, 3.8) is 0 Å². The third kappa shape index (κ3) is 6.73. The number of carboxylic acids is 1. The maximum atomic E-state index is 13.1. The minimum atomic E-state index is -1.13. The van der Waals surface area contributed by atoms with E-state index >= 15 is 0 Å². The van der Waals surface area contributed by atoms with Gasteiger partial charge in [0.2, 0.25) is 0 Å². The van der Waals surface area contributed by atoms with Gasteiger partial charge in [-0.2, -0.15) is 0 Å². The summed E-state index contributed by atoms with van der Waals surface area (Å²) in [5, 5.41) is 10.1. The molecule has 0 radical (unpaired) electrons. The summed E-state index contributed by atoms with van der Waals surface area (Å²) < 4.78 is 0. The number of hydrazine groups is 1. The van der Waals surface area contributed by atoms with Gasteiger partial charge in [0.05, 0.1) is 16.8 Å². The van der Waals surface area contributed by atoms with E-state index in [1.807, 2.05) is 38.1 Å². The van der Waals surface area contributed by atoms with Gasteiger partial charge in [0.25, 0.3) is 11.8 Å². The van der Waals surface area contributed by atoms with Crippen molar-refractivity contribution in [1.82, 2.24) is 20.3 Å². The molecule has 0 fully saturated rings. The van der Waals surface area contributed by atoms with Crippen LogP contribution in [0, 0.1) is 17.8 Å². The SMILES string of the molecule is CC(C)CN(C(=O)c1ccc(C#Cc2ccc(-c3cc(C(=O)NN)c4cnccc4n3)cc2)cc1)C(CN)C(=O)O. The highest BCUT2D eigenvalue weighted by Gasteiger charge is 2.29. The quantitative estimate of drug-likeness (QED) is 0.113. The fourth-order valence-electron chi connectivity index (χ4n) is 4.32. The number of carbonyl (C=O) groups excluding carboxylic acids is 2. The number of amides is 2. The van der Waals surface area contributed by atoms with E-state index in [0.29, 0.717) is 33.3 Å². The molecule has 41 heavy (non-hydrogen) atoms. The molecule has 4 aromatic rings. The molecule has 0 bridgehead atoms. The molecule has 0 spiro atoms. The van der Waals surface area contributed by atoms with Crippen molar-refractivity contribution in [1.29, 1.82) is 0 Å².